The van der Waals surface area contributed by atoms with Crippen molar-refractivity contribution in [3.63, 3.8) is 0 Å². The van der Waals surface area contributed by atoms with Crippen molar-refractivity contribution < 1.29 is 9.53 Å². The van der Waals surface area contributed by atoms with Crippen molar-refractivity contribution in [3.05, 3.63) is 41.7 Å². The van der Waals surface area contributed by atoms with Crippen LogP contribution in [0.3, 0.4) is 0 Å². The van der Waals surface area contributed by atoms with Crippen LogP contribution in [0, 0.1) is 6.92 Å². The Morgan fingerprint density at radius 1 is 1.40 bits per heavy atom. The monoisotopic (exact) mass is 344 g/mol. The third kappa shape index (κ3) is 4.53. The number of benzene rings is 1. The second kappa shape index (κ2) is 8.55. The molecule has 0 spiro atoms. The van der Waals surface area contributed by atoms with Crippen LogP contribution in [0.15, 0.2) is 30.5 Å². The quantitative estimate of drug-likeness (QED) is 0.799. The highest BCUT2D eigenvalue weighted by atomic mass is 16.5. The van der Waals surface area contributed by atoms with Crippen LogP contribution in [0.4, 0.5) is 5.69 Å². The molecule has 0 aliphatic heterocycles. The summed E-state index contributed by atoms with van der Waals surface area (Å²) in [5.74, 6) is 0.831. The first-order valence-corrected chi connectivity index (χ1v) is 8.66. The molecule has 1 atom stereocenters. The molecule has 0 bridgehead atoms. The molecule has 0 saturated heterocycles. The minimum atomic E-state index is -0.279. The smallest absolute Gasteiger partial charge is 0.245 e. The molecule has 1 unspecified atom stereocenters. The van der Waals surface area contributed by atoms with Crippen molar-refractivity contribution in [3.8, 4) is 5.75 Å². The van der Waals surface area contributed by atoms with Crippen LogP contribution in [-0.2, 0) is 17.9 Å². The van der Waals surface area contributed by atoms with Gasteiger partial charge in [-0.15, -0.1) is 0 Å². The van der Waals surface area contributed by atoms with Crippen LogP contribution in [-0.4, -0.2) is 40.8 Å². The Bertz CT molecular complexity index is 711. The first-order valence-electron chi connectivity index (χ1n) is 8.66. The highest BCUT2D eigenvalue weighted by Crippen LogP contribution is 2.19. The largest absolute Gasteiger partial charge is 0.497 e. The van der Waals surface area contributed by atoms with Crippen molar-refractivity contribution >= 4 is 11.6 Å². The van der Waals surface area contributed by atoms with Gasteiger partial charge in [0, 0.05) is 43.1 Å². The summed E-state index contributed by atoms with van der Waals surface area (Å²) in [5, 5.41) is 7.66. The fourth-order valence-electron chi connectivity index (χ4n) is 2.81. The van der Waals surface area contributed by atoms with Gasteiger partial charge in [-0.25, -0.2) is 0 Å². The Kier molecular flexibility index (Phi) is 6.44. The van der Waals surface area contributed by atoms with E-state index in [2.05, 4.69) is 17.3 Å². The fraction of sp³-hybridized carbons (Fsp3) is 0.474. The SMILES string of the molecule is CCC(Nc1cccc(OC)c1)C(=O)N(C)Cc1cnn(CC)c1C. The highest BCUT2D eigenvalue weighted by Gasteiger charge is 2.21. The standard InChI is InChI=1S/C19H28N4O2/c1-6-18(21-16-9-8-10-17(11-16)25-5)19(24)22(4)13-15-12-20-23(7-2)14(15)3/h8-12,18,21H,6-7,13H2,1-5H3. The lowest BCUT2D eigenvalue weighted by atomic mass is 10.1. The third-order valence-electron chi connectivity index (χ3n) is 4.41. The van der Waals surface area contributed by atoms with Crippen molar-refractivity contribution in [2.45, 2.75) is 46.3 Å². The zero-order valence-electron chi connectivity index (χ0n) is 15.7. The van der Waals surface area contributed by atoms with Crippen LogP contribution in [0.5, 0.6) is 5.75 Å². The Labute approximate surface area is 149 Å². The lowest BCUT2D eigenvalue weighted by Crippen LogP contribution is -2.40. The van der Waals surface area contributed by atoms with Gasteiger partial charge in [0.05, 0.1) is 13.3 Å². The third-order valence-corrected chi connectivity index (χ3v) is 4.41. The molecule has 1 heterocycles. The number of nitrogens with zero attached hydrogens (tertiary/aromatic N) is 3. The molecule has 2 rings (SSSR count). The van der Waals surface area contributed by atoms with Gasteiger partial charge in [-0.1, -0.05) is 13.0 Å². The molecule has 0 saturated carbocycles. The number of carbonyl (C=O) groups is 1. The summed E-state index contributed by atoms with van der Waals surface area (Å²) in [6, 6.07) is 7.34. The lowest BCUT2D eigenvalue weighted by molar-refractivity contribution is -0.131. The number of anilines is 1. The predicted molar refractivity (Wildman–Crippen MR) is 99.8 cm³/mol. The zero-order valence-corrected chi connectivity index (χ0v) is 15.7. The van der Waals surface area contributed by atoms with E-state index in [9.17, 15) is 4.79 Å². The molecule has 1 aromatic carbocycles. The molecule has 6 nitrogen and oxygen atoms in total. The summed E-state index contributed by atoms with van der Waals surface area (Å²) in [6.07, 6.45) is 2.55. The molecule has 25 heavy (non-hydrogen) atoms. The second-order valence-corrected chi connectivity index (χ2v) is 6.10. The number of ether oxygens (including phenoxy) is 1. The van der Waals surface area contributed by atoms with Crippen LogP contribution < -0.4 is 10.1 Å². The van der Waals surface area contributed by atoms with Crippen LogP contribution in [0.1, 0.15) is 31.5 Å². The maximum atomic E-state index is 12.8. The van der Waals surface area contributed by atoms with Gasteiger partial charge in [0.25, 0.3) is 0 Å². The van der Waals surface area contributed by atoms with Gasteiger partial charge in [-0.3, -0.25) is 9.48 Å². The molecular weight excluding hydrogens is 316 g/mol. The van der Waals surface area contributed by atoms with Crippen LogP contribution in [0.2, 0.25) is 0 Å². The summed E-state index contributed by atoms with van der Waals surface area (Å²) in [7, 11) is 3.47. The molecule has 1 amide bonds. The van der Waals surface area contributed by atoms with Crippen molar-refractivity contribution in [2.75, 3.05) is 19.5 Å². The molecule has 1 N–H and O–H groups in total. The fourth-order valence-corrected chi connectivity index (χ4v) is 2.81. The predicted octanol–water partition coefficient (Wildman–Crippen LogP) is 3.07. The topological polar surface area (TPSA) is 59.4 Å². The molecule has 0 radical (unpaired) electrons. The van der Waals surface area contributed by atoms with Gasteiger partial charge in [-0.2, -0.15) is 5.10 Å². The lowest BCUT2D eigenvalue weighted by Gasteiger charge is -2.24. The van der Waals surface area contributed by atoms with Crippen molar-refractivity contribution in [1.29, 1.82) is 0 Å². The Morgan fingerprint density at radius 2 is 2.16 bits per heavy atom. The maximum absolute atomic E-state index is 12.8. The van der Waals surface area contributed by atoms with E-state index in [0.29, 0.717) is 13.0 Å². The van der Waals surface area contributed by atoms with Crippen molar-refractivity contribution in [1.82, 2.24) is 14.7 Å². The molecule has 0 aliphatic carbocycles. The van der Waals surface area contributed by atoms with Gasteiger partial charge in [0.15, 0.2) is 0 Å². The van der Waals surface area contributed by atoms with Gasteiger partial charge < -0.3 is 15.0 Å². The first kappa shape index (κ1) is 18.8. The van der Waals surface area contributed by atoms with E-state index >= 15 is 0 Å². The van der Waals surface area contributed by atoms with E-state index in [4.69, 9.17) is 4.74 Å². The summed E-state index contributed by atoms with van der Waals surface area (Å²) in [6.45, 7) is 7.49. The number of carbonyl (C=O) groups excluding carboxylic acids is 1. The number of methoxy groups -OCH3 is 1. The van der Waals surface area contributed by atoms with Crippen LogP contribution >= 0.6 is 0 Å². The maximum Gasteiger partial charge on any atom is 0.245 e. The number of aromatic nitrogens is 2. The summed E-state index contributed by atoms with van der Waals surface area (Å²) in [4.78, 5) is 14.6. The second-order valence-electron chi connectivity index (χ2n) is 6.10. The highest BCUT2D eigenvalue weighted by molar-refractivity contribution is 5.84. The molecule has 0 aliphatic rings. The minimum Gasteiger partial charge on any atom is -0.497 e. The van der Waals surface area contributed by atoms with Gasteiger partial charge in [0.2, 0.25) is 5.91 Å². The Morgan fingerprint density at radius 3 is 2.76 bits per heavy atom. The van der Waals surface area contributed by atoms with E-state index in [1.165, 1.54) is 0 Å². The van der Waals surface area contributed by atoms with Gasteiger partial charge >= 0.3 is 0 Å². The summed E-state index contributed by atoms with van der Waals surface area (Å²) >= 11 is 0. The molecule has 1 aromatic heterocycles. The summed E-state index contributed by atoms with van der Waals surface area (Å²) < 4.78 is 7.18. The number of amides is 1. The minimum absolute atomic E-state index is 0.0639. The van der Waals surface area contributed by atoms with E-state index in [0.717, 1.165) is 29.2 Å². The molecule has 2 aromatic rings. The molecule has 6 heteroatoms. The molecule has 136 valence electrons. The van der Waals surface area contributed by atoms with E-state index < -0.39 is 0 Å². The Hall–Kier alpha value is -2.50. The molecule has 0 fully saturated rings. The normalized spacial score (nSPS) is 11.9. The van der Waals surface area contributed by atoms with E-state index in [1.807, 2.05) is 56.0 Å². The number of aryl methyl sites for hydroxylation is 1. The van der Waals surface area contributed by atoms with Gasteiger partial charge in [0.1, 0.15) is 11.8 Å². The number of likely N-dealkylation sites (N-methyl/N-ethyl adjacent to an activating group) is 1. The summed E-state index contributed by atoms with van der Waals surface area (Å²) in [5.41, 5.74) is 3.06. The molecular formula is C19H28N4O2. The van der Waals surface area contributed by atoms with Gasteiger partial charge in [-0.05, 0) is 32.4 Å². The number of nitrogens with one attached hydrogen (secondary N) is 1. The van der Waals surface area contributed by atoms with Crippen LogP contribution in [0.25, 0.3) is 0 Å². The number of hydrogen-bond acceptors (Lipinski definition) is 4. The van der Waals surface area contributed by atoms with E-state index in [-0.39, 0.29) is 11.9 Å². The van der Waals surface area contributed by atoms with E-state index in [1.54, 1.807) is 12.0 Å². The number of hydrogen-bond donors (Lipinski definition) is 1. The number of rotatable bonds is 8. The first-order chi connectivity index (χ1) is 12.0. The zero-order chi connectivity index (χ0) is 18.4. The van der Waals surface area contributed by atoms with Crippen molar-refractivity contribution in [2.24, 2.45) is 0 Å². The average Bonchev–Trinajstić information content (AvgIpc) is 2.98. The Balaban J connectivity index is 2.05. The average molecular weight is 344 g/mol.